The Morgan fingerprint density at radius 3 is 2.83 bits per heavy atom. The molecule has 1 N–H and O–H groups in total. The van der Waals surface area contributed by atoms with Crippen LogP contribution >= 0.6 is 11.8 Å². The third-order valence-electron chi connectivity index (χ3n) is 2.26. The first-order chi connectivity index (χ1) is 8.59. The van der Waals surface area contributed by atoms with E-state index in [4.69, 9.17) is 9.84 Å². The first-order valence-corrected chi connectivity index (χ1v) is 6.93. The molecule has 0 bridgehead atoms. The highest BCUT2D eigenvalue weighted by molar-refractivity contribution is 7.99. The van der Waals surface area contributed by atoms with E-state index in [1.54, 1.807) is 24.3 Å². The maximum atomic E-state index is 10.8. The van der Waals surface area contributed by atoms with Gasteiger partial charge in [0.1, 0.15) is 5.75 Å². The number of ether oxygens (including phenoxy) is 1. The maximum Gasteiger partial charge on any atom is 0.335 e. The molecule has 0 aliphatic rings. The predicted molar refractivity (Wildman–Crippen MR) is 74.8 cm³/mol. The molecule has 0 aromatic heterocycles. The summed E-state index contributed by atoms with van der Waals surface area (Å²) < 4.78 is 5.51. The average Bonchev–Trinajstić information content (AvgIpc) is 2.33. The number of aromatic carboxylic acids is 1. The Kier molecular flexibility index (Phi) is 6.60. The lowest BCUT2D eigenvalue weighted by atomic mass is 10.2. The number of hydrogen-bond donors (Lipinski definition) is 1. The topological polar surface area (TPSA) is 49.8 Å². The van der Waals surface area contributed by atoms with Crippen molar-refractivity contribution in [3.05, 3.63) is 29.8 Å². The van der Waals surface area contributed by atoms with Crippen molar-refractivity contribution < 1.29 is 14.6 Å². The molecule has 1 rings (SSSR count). The van der Waals surface area contributed by atoms with E-state index in [-0.39, 0.29) is 5.56 Å². The smallest absolute Gasteiger partial charge is 0.335 e. The second-order valence-electron chi connectivity index (χ2n) is 4.10. The van der Waals surface area contributed by atoms with E-state index in [9.17, 15) is 4.79 Å². The molecule has 0 aliphatic carbocycles. The van der Waals surface area contributed by atoms with E-state index >= 15 is 0 Å². The minimum atomic E-state index is -0.930. The maximum absolute atomic E-state index is 10.8. The standard InChI is InChI=1S/C13H19NO3S/c1-14(2)6-8-18-9-7-17-12-5-3-4-11(10-12)13(15)16/h3-5,10H,6-9H2,1-2H3,(H,15,16). The second-order valence-corrected chi connectivity index (χ2v) is 5.32. The van der Waals surface area contributed by atoms with Crippen molar-refractivity contribution in [2.75, 3.05) is 38.8 Å². The molecule has 0 saturated heterocycles. The number of nitrogens with zero attached hydrogens (tertiary/aromatic N) is 1. The number of carboxylic acid groups (broad SMARTS) is 1. The summed E-state index contributed by atoms with van der Waals surface area (Å²) in [6, 6.07) is 6.57. The number of carbonyl (C=O) groups is 1. The minimum Gasteiger partial charge on any atom is -0.493 e. The van der Waals surface area contributed by atoms with Gasteiger partial charge in [0.25, 0.3) is 0 Å². The van der Waals surface area contributed by atoms with Gasteiger partial charge in [-0.3, -0.25) is 0 Å². The van der Waals surface area contributed by atoms with E-state index in [0.717, 1.165) is 18.1 Å². The zero-order valence-corrected chi connectivity index (χ0v) is 11.6. The SMILES string of the molecule is CN(C)CCSCCOc1cccc(C(=O)O)c1. The third kappa shape index (κ3) is 5.93. The summed E-state index contributed by atoms with van der Waals surface area (Å²) in [4.78, 5) is 12.9. The molecule has 0 aliphatic heterocycles. The minimum absolute atomic E-state index is 0.257. The Morgan fingerprint density at radius 1 is 1.39 bits per heavy atom. The number of rotatable bonds is 8. The Morgan fingerprint density at radius 2 is 2.17 bits per heavy atom. The Balaban J connectivity index is 2.23. The lowest BCUT2D eigenvalue weighted by Gasteiger charge is -2.09. The van der Waals surface area contributed by atoms with Gasteiger partial charge in [0.15, 0.2) is 0 Å². The Bertz CT molecular complexity index is 382. The summed E-state index contributed by atoms with van der Waals surface area (Å²) in [5.74, 6) is 1.67. The lowest BCUT2D eigenvalue weighted by molar-refractivity contribution is 0.0696. The molecule has 0 saturated carbocycles. The molecule has 18 heavy (non-hydrogen) atoms. The van der Waals surface area contributed by atoms with E-state index < -0.39 is 5.97 Å². The van der Waals surface area contributed by atoms with Crippen molar-refractivity contribution in [3.63, 3.8) is 0 Å². The molecule has 0 fully saturated rings. The molecule has 0 radical (unpaired) electrons. The van der Waals surface area contributed by atoms with Crippen LogP contribution in [0, 0.1) is 0 Å². The van der Waals surface area contributed by atoms with Crippen molar-refractivity contribution >= 4 is 17.7 Å². The lowest BCUT2D eigenvalue weighted by Crippen LogP contribution is -2.15. The molecule has 0 unspecified atom stereocenters. The van der Waals surface area contributed by atoms with Crippen LogP contribution in [0.1, 0.15) is 10.4 Å². The molecule has 5 heteroatoms. The van der Waals surface area contributed by atoms with Crippen LogP contribution < -0.4 is 4.74 Å². The molecular weight excluding hydrogens is 250 g/mol. The van der Waals surface area contributed by atoms with Crippen LogP contribution in [-0.4, -0.2) is 54.7 Å². The molecule has 4 nitrogen and oxygen atoms in total. The van der Waals surface area contributed by atoms with Crippen LogP contribution in [0.25, 0.3) is 0 Å². The van der Waals surface area contributed by atoms with Gasteiger partial charge in [-0.15, -0.1) is 0 Å². The van der Waals surface area contributed by atoms with Gasteiger partial charge in [0.2, 0.25) is 0 Å². The number of benzene rings is 1. The zero-order chi connectivity index (χ0) is 13.4. The monoisotopic (exact) mass is 269 g/mol. The third-order valence-corrected chi connectivity index (χ3v) is 3.19. The molecule has 0 spiro atoms. The van der Waals surface area contributed by atoms with Crippen LogP contribution in [0.4, 0.5) is 0 Å². The molecular formula is C13H19NO3S. The summed E-state index contributed by atoms with van der Waals surface area (Å²) >= 11 is 1.83. The van der Waals surface area contributed by atoms with Crippen molar-refractivity contribution in [3.8, 4) is 5.75 Å². The van der Waals surface area contributed by atoms with Crippen molar-refractivity contribution in [1.29, 1.82) is 0 Å². The first kappa shape index (κ1) is 14.9. The highest BCUT2D eigenvalue weighted by Gasteiger charge is 2.03. The van der Waals surface area contributed by atoms with Crippen LogP contribution in [0.2, 0.25) is 0 Å². The van der Waals surface area contributed by atoms with E-state index in [1.165, 1.54) is 0 Å². The highest BCUT2D eigenvalue weighted by Crippen LogP contribution is 2.13. The van der Waals surface area contributed by atoms with Gasteiger partial charge in [0, 0.05) is 18.1 Å². The fourth-order valence-corrected chi connectivity index (χ4v) is 2.19. The van der Waals surface area contributed by atoms with Gasteiger partial charge in [-0.2, -0.15) is 11.8 Å². The fraction of sp³-hybridized carbons (Fsp3) is 0.462. The van der Waals surface area contributed by atoms with Gasteiger partial charge in [-0.25, -0.2) is 4.79 Å². The normalized spacial score (nSPS) is 10.6. The molecule has 0 heterocycles. The molecule has 0 amide bonds. The number of thioether (sulfide) groups is 1. The first-order valence-electron chi connectivity index (χ1n) is 5.78. The highest BCUT2D eigenvalue weighted by atomic mass is 32.2. The van der Waals surface area contributed by atoms with E-state index in [0.29, 0.717) is 12.4 Å². The zero-order valence-electron chi connectivity index (χ0n) is 10.8. The van der Waals surface area contributed by atoms with Crippen LogP contribution in [0.15, 0.2) is 24.3 Å². The summed E-state index contributed by atoms with van der Waals surface area (Å²) in [7, 11) is 4.10. The Hall–Kier alpha value is -1.20. The number of carboxylic acids is 1. The molecule has 0 atom stereocenters. The van der Waals surface area contributed by atoms with Gasteiger partial charge < -0.3 is 14.7 Å². The quantitative estimate of drug-likeness (QED) is 0.732. The molecule has 1 aromatic carbocycles. The van der Waals surface area contributed by atoms with Crippen molar-refractivity contribution in [2.45, 2.75) is 0 Å². The van der Waals surface area contributed by atoms with E-state index in [1.807, 2.05) is 11.8 Å². The summed E-state index contributed by atoms with van der Waals surface area (Å²) in [6.45, 7) is 1.65. The van der Waals surface area contributed by atoms with Gasteiger partial charge in [0.05, 0.1) is 12.2 Å². The summed E-state index contributed by atoms with van der Waals surface area (Å²) in [5, 5.41) is 8.84. The Labute approximate surface area is 112 Å². The molecule has 100 valence electrons. The van der Waals surface area contributed by atoms with Crippen LogP contribution in [0.5, 0.6) is 5.75 Å². The summed E-state index contributed by atoms with van der Waals surface area (Å²) in [6.07, 6.45) is 0. The largest absolute Gasteiger partial charge is 0.493 e. The second kappa shape index (κ2) is 8.00. The van der Waals surface area contributed by atoms with Crippen LogP contribution in [0.3, 0.4) is 0 Å². The van der Waals surface area contributed by atoms with Crippen molar-refractivity contribution in [2.24, 2.45) is 0 Å². The van der Waals surface area contributed by atoms with Crippen LogP contribution in [-0.2, 0) is 0 Å². The van der Waals surface area contributed by atoms with E-state index in [2.05, 4.69) is 19.0 Å². The summed E-state index contributed by atoms with van der Waals surface area (Å²) in [5.41, 5.74) is 0.257. The predicted octanol–water partition coefficient (Wildman–Crippen LogP) is 2.06. The van der Waals surface area contributed by atoms with Gasteiger partial charge in [-0.05, 0) is 32.3 Å². The van der Waals surface area contributed by atoms with Gasteiger partial charge in [-0.1, -0.05) is 6.07 Å². The number of hydrogen-bond acceptors (Lipinski definition) is 4. The van der Waals surface area contributed by atoms with Crippen molar-refractivity contribution in [1.82, 2.24) is 4.90 Å². The average molecular weight is 269 g/mol. The molecule has 1 aromatic rings. The van der Waals surface area contributed by atoms with Gasteiger partial charge >= 0.3 is 5.97 Å². The fourth-order valence-electron chi connectivity index (χ4n) is 1.29.